The van der Waals surface area contributed by atoms with Crippen molar-refractivity contribution in [3.63, 3.8) is 0 Å². The molecular weight excluding hydrogens is 238 g/mol. The van der Waals surface area contributed by atoms with Crippen molar-refractivity contribution in [2.24, 2.45) is 5.41 Å². The molecule has 4 N–H and O–H groups in total. The number of carbonyl (C=O) groups excluding carboxylic acids is 2. The molecular formula is C11H19N3O4. The van der Waals surface area contributed by atoms with E-state index in [-0.39, 0.29) is 31.4 Å². The first-order valence-electron chi connectivity index (χ1n) is 5.90. The van der Waals surface area contributed by atoms with Gasteiger partial charge in [-0.3, -0.25) is 19.7 Å². The predicted octanol–water partition coefficient (Wildman–Crippen LogP) is -1.31. The summed E-state index contributed by atoms with van der Waals surface area (Å²) in [5.41, 5.74) is -0.965. The highest BCUT2D eigenvalue weighted by atomic mass is 16.4. The first-order chi connectivity index (χ1) is 8.39. The number of carboxylic acid groups (broad SMARTS) is 1. The van der Waals surface area contributed by atoms with Crippen LogP contribution in [0.25, 0.3) is 0 Å². The van der Waals surface area contributed by atoms with Gasteiger partial charge in [0.1, 0.15) is 6.04 Å². The summed E-state index contributed by atoms with van der Waals surface area (Å²) >= 11 is 0. The Hall–Kier alpha value is -1.63. The maximum absolute atomic E-state index is 11.8. The molecule has 7 heteroatoms. The zero-order valence-electron chi connectivity index (χ0n) is 10.6. The summed E-state index contributed by atoms with van der Waals surface area (Å²) in [6.45, 7) is 3.75. The Morgan fingerprint density at radius 3 is 2.67 bits per heavy atom. The molecule has 0 spiro atoms. The molecule has 0 aliphatic carbocycles. The number of hydrogen-bond donors (Lipinski definition) is 4. The van der Waals surface area contributed by atoms with Crippen LogP contribution in [0.1, 0.15) is 20.3 Å². The third kappa shape index (κ3) is 3.43. The summed E-state index contributed by atoms with van der Waals surface area (Å²) in [6.07, 6.45) is 0.428. The monoisotopic (exact) mass is 257 g/mol. The number of rotatable bonds is 5. The molecule has 1 heterocycles. The molecule has 1 fully saturated rings. The molecule has 18 heavy (non-hydrogen) atoms. The summed E-state index contributed by atoms with van der Waals surface area (Å²) in [7, 11) is 0. The van der Waals surface area contributed by atoms with Gasteiger partial charge in [-0.2, -0.15) is 0 Å². The molecule has 0 bridgehead atoms. The van der Waals surface area contributed by atoms with Crippen molar-refractivity contribution in [3.05, 3.63) is 0 Å². The molecule has 1 saturated heterocycles. The van der Waals surface area contributed by atoms with Crippen LogP contribution in [0, 0.1) is 5.41 Å². The van der Waals surface area contributed by atoms with E-state index >= 15 is 0 Å². The second kappa shape index (κ2) is 5.81. The minimum Gasteiger partial charge on any atom is -0.481 e. The van der Waals surface area contributed by atoms with E-state index in [2.05, 4.69) is 16.0 Å². The van der Waals surface area contributed by atoms with Gasteiger partial charge in [-0.15, -0.1) is 0 Å². The summed E-state index contributed by atoms with van der Waals surface area (Å²) in [5, 5.41) is 17.0. The van der Waals surface area contributed by atoms with E-state index < -0.39 is 17.4 Å². The van der Waals surface area contributed by atoms with E-state index in [0.29, 0.717) is 6.42 Å². The normalized spacial score (nSPS) is 22.8. The van der Waals surface area contributed by atoms with Gasteiger partial charge >= 0.3 is 5.97 Å². The Bertz CT molecular complexity index is 348. The van der Waals surface area contributed by atoms with Gasteiger partial charge in [-0.1, -0.05) is 6.92 Å². The predicted molar refractivity (Wildman–Crippen MR) is 63.8 cm³/mol. The molecule has 2 amide bonds. The van der Waals surface area contributed by atoms with Crippen molar-refractivity contribution in [2.45, 2.75) is 26.3 Å². The van der Waals surface area contributed by atoms with Crippen molar-refractivity contribution < 1.29 is 19.5 Å². The second-order valence-corrected chi connectivity index (χ2v) is 4.67. The van der Waals surface area contributed by atoms with Crippen LogP contribution in [0.2, 0.25) is 0 Å². The minimum absolute atomic E-state index is 0.0732. The van der Waals surface area contributed by atoms with Gasteiger partial charge < -0.3 is 15.7 Å². The molecule has 0 radical (unpaired) electrons. The van der Waals surface area contributed by atoms with Gasteiger partial charge in [0, 0.05) is 13.1 Å². The van der Waals surface area contributed by atoms with E-state index in [1.54, 1.807) is 13.8 Å². The van der Waals surface area contributed by atoms with Gasteiger partial charge in [0.05, 0.1) is 12.0 Å². The summed E-state index contributed by atoms with van der Waals surface area (Å²) in [5.74, 6) is -1.38. The van der Waals surface area contributed by atoms with Gasteiger partial charge in [-0.25, -0.2) is 0 Å². The number of hydrogen-bond acceptors (Lipinski definition) is 4. The van der Waals surface area contributed by atoms with Crippen molar-refractivity contribution in [3.8, 4) is 0 Å². The van der Waals surface area contributed by atoms with Crippen LogP contribution in [0.3, 0.4) is 0 Å². The van der Waals surface area contributed by atoms with E-state index in [0.717, 1.165) is 0 Å². The molecule has 0 aromatic carbocycles. The quantitative estimate of drug-likeness (QED) is 0.489. The molecule has 1 rings (SSSR count). The standard InChI is InChI=1S/C11H19N3O4/c1-3-11(2,10(17)18)6-14-9(16)7-4-13-8(15)5-12-7/h7,12H,3-6H2,1-2H3,(H,13,15)(H,14,16)(H,17,18). The van der Waals surface area contributed by atoms with Crippen LogP contribution in [0.15, 0.2) is 0 Å². The Balaban J connectivity index is 2.45. The van der Waals surface area contributed by atoms with Gasteiger partial charge in [0.2, 0.25) is 11.8 Å². The van der Waals surface area contributed by atoms with Crippen LogP contribution in [0.4, 0.5) is 0 Å². The number of carbonyl (C=O) groups is 3. The first kappa shape index (κ1) is 14.4. The fraction of sp³-hybridized carbons (Fsp3) is 0.727. The van der Waals surface area contributed by atoms with Crippen LogP contribution < -0.4 is 16.0 Å². The Kier molecular flexibility index (Phi) is 4.66. The van der Waals surface area contributed by atoms with E-state index in [1.165, 1.54) is 0 Å². The van der Waals surface area contributed by atoms with E-state index in [9.17, 15) is 14.4 Å². The second-order valence-electron chi connectivity index (χ2n) is 4.67. The fourth-order valence-electron chi connectivity index (χ4n) is 1.51. The van der Waals surface area contributed by atoms with Crippen LogP contribution >= 0.6 is 0 Å². The van der Waals surface area contributed by atoms with Crippen molar-refractivity contribution in [1.82, 2.24) is 16.0 Å². The Labute approximate surface area is 105 Å². The third-order valence-corrected chi connectivity index (χ3v) is 3.28. The molecule has 2 unspecified atom stereocenters. The van der Waals surface area contributed by atoms with Crippen molar-refractivity contribution >= 4 is 17.8 Å². The molecule has 7 nitrogen and oxygen atoms in total. The van der Waals surface area contributed by atoms with Crippen molar-refractivity contribution in [1.29, 1.82) is 0 Å². The summed E-state index contributed by atoms with van der Waals surface area (Å²) < 4.78 is 0. The third-order valence-electron chi connectivity index (χ3n) is 3.28. The van der Waals surface area contributed by atoms with Crippen LogP contribution in [-0.4, -0.2) is 48.6 Å². The van der Waals surface area contributed by atoms with Gasteiger partial charge in [-0.05, 0) is 13.3 Å². The number of amides is 2. The molecule has 102 valence electrons. The molecule has 0 saturated carbocycles. The maximum atomic E-state index is 11.8. The molecule has 1 aliphatic heterocycles. The number of carboxylic acids is 1. The molecule has 0 aromatic heterocycles. The highest BCUT2D eigenvalue weighted by molar-refractivity contribution is 5.87. The number of piperazine rings is 1. The fourth-order valence-corrected chi connectivity index (χ4v) is 1.51. The molecule has 2 atom stereocenters. The summed E-state index contributed by atoms with van der Waals surface area (Å²) in [4.78, 5) is 33.7. The highest BCUT2D eigenvalue weighted by Gasteiger charge is 2.33. The SMILES string of the molecule is CCC(C)(CNC(=O)C1CNC(=O)CN1)C(=O)O. The molecule has 1 aliphatic rings. The van der Waals surface area contributed by atoms with E-state index in [4.69, 9.17) is 5.11 Å². The lowest BCUT2D eigenvalue weighted by Crippen LogP contribution is -2.59. The Morgan fingerprint density at radius 2 is 2.22 bits per heavy atom. The van der Waals surface area contributed by atoms with Gasteiger partial charge in [0.25, 0.3) is 0 Å². The topological polar surface area (TPSA) is 108 Å². The van der Waals surface area contributed by atoms with E-state index in [1.807, 2.05) is 0 Å². The minimum atomic E-state index is -0.965. The number of aliphatic carboxylic acids is 1. The first-order valence-corrected chi connectivity index (χ1v) is 5.90. The number of nitrogens with one attached hydrogen (secondary N) is 3. The zero-order valence-corrected chi connectivity index (χ0v) is 10.6. The van der Waals surface area contributed by atoms with Crippen molar-refractivity contribution in [2.75, 3.05) is 19.6 Å². The highest BCUT2D eigenvalue weighted by Crippen LogP contribution is 2.19. The average molecular weight is 257 g/mol. The maximum Gasteiger partial charge on any atom is 0.311 e. The lowest BCUT2D eigenvalue weighted by atomic mass is 9.87. The van der Waals surface area contributed by atoms with Crippen LogP contribution in [0.5, 0.6) is 0 Å². The zero-order chi connectivity index (χ0) is 13.8. The van der Waals surface area contributed by atoms with Crippen LogP contribution in [-0.2, 0) is 14.4 Å². The Morgan fingerprint density at radius 1 is 1.56 bits per heavy atom. The van der Waals surface area contributed by atoms with Gasteiger partial charge in [0.15, 0.2) is 0 Å². The lowest BCUT2D eigenvalue weighted by Gasteiger charge is -2.27. The largest absolute Gasteiger partial charge is 0.481 e. The average Bonchev–Trinajstić information content (AvgIpc) is 2.36. The smallest absolute Gasteiger partial charge is 0.311 e. The lowest BCUT2D eigenvalue weighted by molar-refractivity contribution is -0.148. The molecule has 0 aromatic rings. The summed E-state index contributed by atoms with van der Waals surface area (Å²) in [6, 6.07) is -0.502.